The van der Waals surface area contributed by atoms with Gasteiger partial charge in [-0.2, -0.15) is 0 Å². The SMILES string of the molecule is Cn1c(SCC(=O)Nc2ccc(Br)cc2F)nnc1C1CC1. The van der Waals surface area contributed by atoms with Crippen LogP contribution in [0.4, 0.5) is 10.1 Å². The number of thioether (sulfide) groups is 1. The fraction of sp³-hybridized carbons (Fsp3) is 0.357. The summed E-state index contributed by atoms with van der Waals surface area (Å²) in [6.07, 6.45) is 2.31. The molecule has 1 aromatic carbocycles. The number of rotatable bonds is 5. The second-order valence-electron chi connectivity index (χ2n) is 5.14. The van der Waals surface area contributed by atoms with Gasteiger partial charge < -0.3 is 9.88 Å². The van der Waals surface area contributed by atoms with Crippen LogP contribution in [0.1, 0.15) is 24.6 Å². The molecule has 0 bridgehead atoms. The number of halogens is 2. The normalized spacial score (nSPS) is 14.1. The lowest BCUT2D eigenvalue weighted by molar-refractivity contribution is -0.113. The van der Waals surface area contributed by atoms with Crippen LogP contribution in [0.5, 0.6) is 0 Å². The first-order valence-corrected chi connectivity index (χ1v) is 8.59. The lowest BCUT2D eigenvalue weighted by atomic mass is 10.3. The Kier molecular flexibility index (Phi) is 4.49. The van der Waals surface area contributed by atoms with E-state index in [4.69, 9.17) is 0 Å². The maximum Gasteiger partial charge on any atom is 0.234 e. The lowest BCUT2D eigenvalue weighted by Gasteiger charge is -2.06. The van der Waals surface area contributed by atoms with Gasteiger partial charge in [0.1, 0.15) is 11.6 Å². The number of anilines is 1. The Morgan fingerprint density at radius 3 is 2.95 bits per heavy atom. The molecule has 2 aromatic rings. The molecule has 1 aliphatic carbocycles. The molecule has 8 heteroatoms. The van der Waals surface area contributed by atoms with Crippen LogP contribution in [0, 0.1) is 5.82 Å². The highest BCUT2D eigenvalue weighted by Gasteiger charge is 2.29. The summed E-state index contributed by atoms with van der Waals surface area (Å²) in [7, 11) is 1.91. The standard InChI is InChI=1S/C14H14BrFN4OS/c1-20-13(8-2-3-8)18-19-14(20)22-7-12(21)17-11-5-4-9(15)6-10(11)16/h4-6,8H,2-3,7H2,1H3,(H,17,21). The molecule has 0 unspecified atom stereocenters. The summed E-state index contributed by atoms with van der Waals surface area (Å²) in [4.78, 5) is 11.9. The molecule has 0 aliphatic heterocycles. The molecule has 0 spiro atoms. The topological polar surface area (TPSA) is 59.8 Å². The van der Waals surface area contributed by atoms with Gasteiger partial charge >= 0.3 is 0 Å². The highest BCUT2D eigenvalue weighted by atomic mass is 79.9. The van der Waals surface area contributed by atoms with Crippen LogP contribution >= 0.6 is 27.7 Å². The van der Waals surface area contributed by atoms with E-state index in [1.807, 2.05) is 11.6 Å². The molecule has 3 rings (SSSR count). The molecular weight excluding hydrogens is 371 g/mol. The largest absolute Gasteiger partial charge is 0.323 e. The molecule has 116 valence electrons. The fourth-order valence-corrected chi connectivity index (χ4v) is 3.11. The zero-order valence-corrected chi connectivity index (χ0v) is 14.2. The molecule has 1 aliphatic rings. The minimum atomic E-state index is -0.470. The molecule has 1 heterocycles. The minimum Gasteiger partial charge on any atom is -0.323 e. The molecule has 1 fully saturated rings. The Labute approximate surface area is 139 Å². The van der Waals surface area contributed by atoms with E-state index in [9.17, 15) is 9.18 Å². The van der Waals surface area contributed by atoms with E-state index < -0.39 is 5.82 Å². The van der Waals surface area contributed by atoms with Crippen molar-refractivity contribution in [2.45, 2.75) is 23.9 Å². The third kappa shape index (κ3) is 3.49. The van der Waals surface area contributed by atoms with Crippen LogP contribution < -0.4 is 5.32 Å². The van der Waals surface area contributed by atoms with Crippen LogP contribution in [0.15, 0.2) is 27.8 Å². The van der Waals surface area contributed by atoms with Gasteiger partial charge in [-0.25, -0.2) is 4.39 Å². The molecule has 5 nitrogen and oxygen atoms in total. The molecular formula is C14H14BrFN4OS. The van der Waals surface area contributed by atoms with Crippen molar-refractivity contribution >= 4 is 39.3 Å². The average molecular weight is 385 g/mol. The van der Waals surface area contributed by atoms with Gasteiger partial charge in [-0.05, 0) is 31.0 Å². The van der Waals surface area contributed by atoms with Gasteiger partial charge in [0.2, 0.25) is 5.91 Å². The molecule has 1 N–H and O–H groups in total. The third-order valence-electron chi connectivity index (χ3n) is 3.35. The van der Waals surface area contributed by atoms with Crippen LogP contribution in [0.25, 0.3) is 0 Å². The number of hydrogen-bond donors (Lipinski definition) is 1. The smallest absolute Gasteiger partial charge is 0.234 e. The Morgan fingerprint density at radius 1 is 1.50 bits per heavy atom. The van der Waals surface area contributed by atoms with Gasteiger partial charge in [0.05, 0.1) is 11.4 Å². The van der Waals surface area contributed by atoms with Crippen molar-refractivity contribution in [1.82, 2.24) is 14.8 Å². The van der Waals surface area contributed by atoms with Gasteiger partial charge in [-0.3, -0.25) is 4.79 Å². The molecule has 0 radical (unpaired) electrons. The molecule has 1 saturated carbocycles. The Bertz CT molecular complexity index is 717. The van der Waals surface area contributed by atoms with Crippen molar-refractivity contribution in [3.63, 3.8) is 0 Å². The molecule has 0 saturated heterocycles. The zero-order valence-electron chi connectivity index (χ0n) is 11.8. The monoisotopic (exact) mass is 384 g/mol. The van der Waals surface area contributed by atoms with E-state index in [2.05, 4.69) is 31.4 Å². The molecule has 1 aromatic heterocycles. The Balaban J connectivity index is 1.58. The summed E-state index contributed by atoms with van der Waals surface area (Å²) in [5, 5.41) is 11.5. The van der Waals surface area contributed by atoms with Crippen LogP contribution in [0.3, 0.4) is 0 Å². The number of amides is 1. The number of benzene rings is 1. The molecule has 1 amide bonds. The van der Waals surface area contributed by atoms with E-state index in [-0.39, 0.29) is 17.3 Å². The predicted octanol–water partition coefficient (Wildman–Crippen LogP) is 3.32. The van der Waals surface area contributed by atoms with Crippen LogP contribution in [-0.4, -0.2) is 26.4 Å². The lowest BCUT2D eigenvalue weighted by Crippen LogP contribution is -2.15. The molecule has 0 atom stereocenters. The van der Waals surface area contributed by atoms with E-state index in [0.717, 1.165) is 18.7 Å². The maximum absolute atomic E-state index is 13.7. The van der Waals surface area contributed by atoms with E-state index in [1.54, 1.807) is 6.07 Å². The van der Waals surface area contributed by atoms with Crippen molar-refractivity contribution in [2.75, 3.05) is 11.1 Å². The second kappa shape index (κ2) is 6.37. The third-order valence-corrected chi connectivity index (χ3v) is 4.86. The number of hydrogen-bond acceptors (Lipinski definition) is 4. The van der Waals surface area contributed by atoms with Crippen molar-refractivity contribution in [1.29, 1.82) is 0 Å². The summed E-state index contributed by atoms with van der Waals surface area (Å²) in [6.45, 7) is 0. The zero-order chi connectivity index (χ0) is 15.7. The van der Waals surface area contributed by atoms with Gasteiger partial charge in [0.15, 0.2) is 5.16 Å². The maximum atomic E-state index is 13.7. The second-order valence-corrected chi connectivity index (χ2v) is 6.99. The van der Waals surface area contributed by atoms with Gasteiger partial charge in [0, 0.05) is 17.4 Å². The summed E-state index contributed by atoms with van der Waals surface area (Å²) in [5.41, 5.74) is 0.172. The fourth-order valence-electron chi connectivity index (χ4n) is 2.06. The summed E-state index contributed by atoms with van der Waals surface area (Å²) < 4.78 is 16.2. The number of aromatic nitrogens is 3. The number of carbonyl (C=O) groups excluding carboxylic acids is 1. The summed E-state index contributed by atoms with van der Waals surface area (Å²) in [6, 6.07) is 4.51. The number of carbonyl (C=O) groups is 1. The molecule has 22 heavy (non-hydrogen) atoms. The quantitative estimate of drug-likeness (QED) is 0.803. The Morgan fingerprint density at radius 2 is 2.27 bits per heavy atom. The first-order valence-electron chi connectivity index (χ1n) is 6.81. The van der Waals surface area contributed by atoms with E-state index in [1.165, 1.54) is 23.9 Å². The van der Waals surface area contributed by atoms with Crippen molar-refractivity contribution in [2.24, 2.45) is 7.05 Å². The van der Waals surface area contributed by atoms with Crippen LogP contribution in [0.2, 0.25) is 0 Å². The van der Waals surface area contributed by atoms with Crippen LogP contribution in [-0.2, 0) is 11.8 Å². The number of nitrogens with zero attached hydrogens (tertiary/aromatic N) is 3. The average Bonchev–Trinajstić information content (AvgIpc) is 3.24. The number of nitrogens with one attached hydrogen (secondary N) is 1. The highest BCUT2D eigenvalue weighted by molar-refractivity contribution is 9.10. The first-order chi connectivity index (χ1) is 10.5. The highest BCUT2D eigenvalue weighted by Crippen LogP contribution is 2.39. The minimum absolute atomic E-state index is 0.159. The van der Waals surface area contributed by atoms with E-state index >= 15 is 0 Å². The van der Waals surface area contributed by atoms with Crippen molar-refractivity contribution in [3.8, 4) is 0 Å². The van der Waals surface area contributed by atoms with Gasteiger partial charge in [0.25, 0.3) is 0 Å². The summed E-state index contributed by atoms with van der Waals surface area (Å²) in [5.74, 6) is 0.899. The van der Waals surface area contributed by atoms with Crippen molar-refractivity contribution in [3.05, 3.63) is 34.3 Å². The van der Waals surface area contributed by atoms with Gasteiger partial charge in [-0.15, -0.1) is 10.2 Å². The first kappa shape index (κ1) is 15.5. The predicted molar refractivity (Wildman–Crippen MR) is 86.4 cm³/mol. The van der Waals surface area contributed by atoms with E-state index in [0.29, 0.717) is 15.5 Å². The van der Waals surface area contributed by atoms with Crippen molar-refractivity contribution < 1.29 is 9.18 Å². The van der Waals surface area contributed by atoms with Gasteiger partial charge in [-0.1, -0.05) is 27.7 Å². The summed E-state index contributed by atoms with van der Waals surface area (Å²) >= 11 is 4.47. The Hall–Kier alpha value is -1.41.